The number of hydrogen-bond acceptors (Lipinski definition) is 0. The molecule has 0 spiro atoms. The lowest BCUT2D eigenvalue weighted by molar-refractivity contribution is 0.583. The molecule has 0 heterocycles. The number of benzene rings is 2. The molecule has 0 radical (unpaired) electrons. The third-order valence-electron chi connectivity index (χ3n) is 2.62. The van der Waals surface area contributed by atoms with Crippen molar-refractivity contribution in [2.45, 2.75) is 11.2 Å². The molecular weight excluding hydrogens is 322 g/mol. The molecular formula is C14H10BrClF2. The standard InChI is InChI=1S/C14H10BrClF2/c15-13(7-9-1-3-10(16)4-2-9)12-8-11(17)5-6-14(12)18/h1-6,8,13H,7H2. The van der Waals surface area contributed by atoms with E-state index in [0.717, 1.165) is 17.7 Å². The summed E-state index contributed by atoms with van der Waals surface area (Å²) in [4.78, 5) is -0.269. The fourth-order valence-electron chi connectivity index (χ4n) is 1.69. The first kappa shape index (κ1) is 13.5. The fraction of sp³-hybridized carbons (Fsp3) is 0.143. The van der Waals surface area contributed by atoms with E-state index >= 15 is 0 Å². The van der Waals surface area contributed by atoms with Crippen molar-refractivity contribution in [3.63, 3.8) is 0 Å². The summed E-state index contributed by atoms with van der Waals surface area (Å²) >= 11 is 9.18. The zero-order valence-corrected chi connectivity index (χ0v) is 11.7. The van der Waals surface area contributed by atoms with Gasteiger partial charge in [-0.15, -0.1) is 0 Å². The molecule has 1 unspecified atom stereocenters. The minimum atomic E-state index is -0.438. The highest BCUT2D eigenvalue weighted by Crippen LogP contribution is 2.29. The maximum atomic E-state index is 13.6. The summed E-state index contributed by atoms with van der Waals surface area (Å²) in [5, 5.41) is 0.654. The molecule has 0 saturated carbocycles. The van der Waals surface area contributed by atoms with E-state index in [9.17, 15) is 8.78 Å². The lowest BCUT2D eigenvalue weighted by Crippen LogP contribution is -1.99. The van der Waals surface area contributed by atoms with Crippen molar-refractivity contribution in [2.75, 3.05) is 0 Å². The Hall–Kier alpha value is -0.930. The first-order chi connectivity index (χ1) is 8.56. The lowest BCUT2D eigenvalue weighted by atomic mass is 10.0. The molecule has 0 nitrogen and oxygen atoms in total. The van der Waals surface area contributed by atoms with Crippen molar-refractivity contribution in [1.29, 1.82) is 0 Å². The highest BCUT2D eigenvalue weighted by atomic mass is 79.9. The number of halogens is 4. The molecule has 0 fully saturated rings. The average molecular weight is 332 g/mol. The second kappa shape index (κ2) is 5.81. The maximum Gasteiger partial charge on any atom is 0.127 e. The highest BCUT2D eigenvalue weighted by molar-refractivity contribution is 9.09. The Labute approximate surface area is 118 Å². The van der Waals surface area contributed by atoms with Crippen LogP contribution in [0.25, 0.3) is 0 Å². The molecule has 0 saturated heterocycles. The summed E-state index contributed by atoms with van der Waals surface area (Å²) < 4.78 is 26.7. The first-order valence-electron chi connectivity index (χ1n) is 5.40. The molecule has 2 aromatic rings. The molecule has 0 amide bonds. The van der Waals surface area contributed by atoms with Crippen molar-refractivity contribution in [2.24, 2.45) is 0 Å². The van der Waals surface area contributed by atoms with E-state index in [1.807, 2.05) is 12.1 Å². The molecule has 2 rings (SSSR count). The molecule has 0 bridgehead atoms. The van der Waals surface area contributed by atoms with E-state index in [0.29, 0.717) is 17.0 Å². The zero-order valence-electron chi connectivity index (χ0n) is 9.34. The van der Waals surface area contributed by atoms with Crippen LogP contribution in [0.2, 0.25) is 5.02 Å². The summed E-state index contributed by atoms with van der Waals surface area (Å²) in [6.45, 7) is 0. The van der Waals surface area contributed by atoms with Crippen molar-refractivity contribution >= 4 is 27.5 Å². The summed E-state index contributed by atoms with van der Waals surface area (Å²) in [6, 6.07) is 10.8. The largest absolute Gasteiger partial charge is 0.207 e. The predicted octanol–water partition coefficient (Wildman–Crippen LogP) is 5.30. The smallest absolute Gasteiger partial charge is 0.127 e. The van der Waals surface area contributed by atoms with Crippen molar-refractivity contribution in [3.8, 4) is 0 Å². The molecule has 0 aromatic heterocycles. The van der Waals surface area contributed by atoms with Crippen LogP contribution >= 0.6 is 27.5 Å². The van der Waals surface area contributed by atoms with Gasteiger partial charge < -0.3 is 0 Å². The molecule has 94 valence electrons. The van der Waals surface area contributed by atoms with Crippen LogP contribution in [0.5, 0.6) is 0 Å². The van der Waals surface area contributed by atoms with Gasteiger partial charge in [0.05, 0.1) is 0 Å². The van der Waals surface area contributed by atoms with Crippen LogP contribution in [0.3, 0.4) is 0 Å². The molecule has 0 N–H and O–H groups in total. The Kier molecular flexibility index (Phi) is 4.36. The summed E-state index contributed by atoms with van der Waals surface area (Å²) in [7, 11) is 0. The Morgan fingerprint density at radius 1 is 1.06 bits per heavy atom. The van der Waals surface area contributed by atoms with Crippen LogP contribution in [0, 0.1) is 11.6 Å². The second-order valence-electron chi connectivity index (χ2n) is 3.96. The quantitative estimate of drug-likeness (QED) is 0.670. The van der Waals surface area contributed by atoms with Crippen molar-refractivity contribution in [1.82, 2.24) is 0 Å². The Morgan fingerprint density at radius 3 is 2.39 bits per heavy atom. The zero-order chi connectivity index (χ0) is 13.1. The van der Waals surface area contributed by atoms with Gasteiger partial charge in [0.1, 0.15) is 11.6 Å². The second-order valence-corrected chi connectivity index (χ2v) is 5.51. The number of rotatable bonds is 3. The molecule has 4 heteroatoms. The Balaban J connectivity index is 2.18. The van der Waals surface area contributed by atoms with E-state index in [1.165, 1.54) is 6.07 Å². The van der Waals surface area contributed by atoms with Crippen molar-refractivity contribution < 1.29 is 8.78 Å². The van der Waals surface area contributed by atoms with Crippen molar-refractivity contribution in [3.05, 3.63) is 70.2 Å². The Morgan fingerprint density at radius 2 is 1.72 bits per heavy atom. The van der Waals surface area contributed by atoms with E-state index in [2.05, 4.69) is 15.9 Å². The van der Waals surface area contributed by atoms with Gasteiger partial charge in [0, 0.05) is 15.4 Å². The minimum Gasteiger partial charge on any atom is -0.207 e. The highest BCUT2D eigenvalue weighted by Gasteiger charge is 2.14. The van der Waals surface area contributed by atoms with E-state index in [4.69, 9.17) is 11.6 Å². The SMILES string of the molecule is Fc1ccc(F)c(C(Br)Cc2ccc(Cl)cc2)c1. The Bertz CT molecular complexity index is 540. The van der Waals surface area contributed by atoms with Gasteiger partial charge in [0.15, 0.2) is 0 Å². The van der Waals surface area contributed by atoms with Gasteiger partial charge in [-0.05, 0) is 42.3 Å². The summed E-state index contributed by atoms with van der Waals surface area (Å²) in [6.07, 6.45) is 0.567. The number of alkyl halides is 1. The van der Waals surface area contributed by atoms with Gasteiger partial charge in [-0.1, -0.05) is 39.7 Å². The van der Waals surface area contributed by atoms with Crippen LogP contribution in [-0.4, -0.2) is 0 Å². The van der Waals surface area contributed by atoms with Gasteiger partial charge in [-0.25, -0.2) is 8.78 Å². The van der Waals surface area contributed by atoms with Crippen LogP contribution in [-0.2, 0) is 6.42 Å². The average Bonchev–Trinajstić information content (AvgIpc) is 2.35. The third kappa shape index (κ3) is 3.30. The van der Waals surface area contributed by atoms with Crippen LogP contribution in [0.1, 0.15) is 16.0 Å². The van der Waals surface area contributed by atoms with Crippen LogP contribution < -0.4 is 0 Å². The molecule has 0 aliphatic rings. The van der Waals surface area contributed by atoms with Crippen LogP contribution in [0.4, 0.5) is 8.78 Å². The van der Waals surface area contributed by atoms with E-state index in [1.54, 1.807) is 12.1 Å². The maximum absolute atomic E-state index is 13.6. The molecule has 0 aliphatic heterocycles. The molecule has 18 heavy (non-hydrogen) atoms. The first-order valence-corrected chi connectivity index (χ1v) is 6.69. The van der Waals surface area contributed by atoms with E-state index in [-0.39, 0.29) is 4.83 Å². The van der Waals surface area contributed by atoms with Gasteiger partial charge >= 0.3 is 0 Å². The monoisotopic (exact) mass is 330 g/mol. The molecule has 2 aromatic carbocycles. The molecule has 1 atom stereocenters. The summed E-state index contributed by atoms with van der Waals surface area (Å²) in [5.74, 6) is -0.848. The fourth-order valence-corrected chi connectivity index (χ4v) is 2.54. The predicted molar refractivity (Wildman–Crippen MR) is 73.2 cm³/mol. The van der Waals surface area contributed by atoms with Crippen LogP contribution in [0.15, 0.2) is 42.5 Å². The van der Waals surface area contributed by atoms with Gasteiger partial charge in [0.25, 0.3) is 0 Å². The topological polar surface area (TPSA) is 0 Å². The van der Waals surface area contributed by atoms with Gasteiger partial charge in [-0.2, -0.15) is 0 Å². The minimum absolute atomic E-state index is 0.269. The van der Waals surface area contributed by atoms with E-state index < -0.39 is 11.6 Å². The molecule has 0 aliphatic carbocycles. The van der Waals surface area contributed by atoms with Gasteiger partial charge in [-0.3, -0.25) is 0 Å². The normalized spacial score (nSPS) is 12.4. The third-order valence-corrected chi connectivity index (χ3v) is 3.69. The number of hydrogen-bond donors (Lipinski definition) is 0. The summed E-state index contributed by atoms with van der Waals surface area (Å²) in [5.41, 5.74) is 1.33. The lowest BCUT2D eigenvalue weighted by Gasteiger charge is -2.11. The van der Waals surface area contributed by atoms with Gasteiger partial charge in [0.2, 0.25) is 0 Å².